The van der Waals surface area contributed by atoms with Crippen LogP contribution in [0.5, 0.6) is 0 Å². The second-order valence-electron chi connectivity index (χ2n) is 7.44. The first-order valence-electron chi connectivity index (χ1n) is 10.2. The van der Waals surface area contributed by atoms with Gasteiger partial charge in [-0.25, -0.2) is 4.98 Å². The molecule has 32 heavy (non-hydrogen) atoms. The van der Waals surface area contributed by atoms with Crippen molar-refractivity contribution in [3.8, 4) is 0 Å². The summed E-state index contributed by atoms with van der Waals surface area (Å²) >= 11 is 6.37. The van der Waals surface area contributed by atoms with Crippen molar-refractivity contribution in [3.05, 3.63) is 113 Å². The van der Waals surface area contributed by atoms with Gasteiger partial charge < -0.3 is 10.3 Å². The zero-order valence-corrected chi connectivity index (χ0v) is 17.9. The molecule has 0 saturated carbocycles. The summed E-state index contributed by atoms with van der Waals surface area (Å²) in [6, 6.07) is 27.8. The number of hydrogen-bond donors (Lipinski definition) is 1. The minimum absolute atomic E-state index is 0.270. The molecule has 0 atom stereocenters. The monoisotopic (exact) mass is 437 g/mol. The molecule has 2 aromatic heterocycles. The maximum atomic E-state index is 6.37. The van der Waals surface area contributed by atoms with E-state index in [1.165, 1.54) is 0 Å². The van der Waals surface area contributed by atoms with E-state index >= 15 is 0 Å². The number of para-hydroxylation sites is 2. The molecule has 6 heteroatoms. The fourth-order valence-electron chi connectivity index (χ4n) is 3.73. The number of pyridine rings is 1. The number of halogens is 1. The van der Waals surface area contributed by atoms with Crippen LogP contribution in [-0.4, -0.2) is 21.6 Å². The number of benzene rings is 3. The van der Waals surface area contributed by atoms with Crippen LogP contribution in [0, 0.1) is 0 Å². The smallest absolute Gasteiger partial charge is 0.172 e. The highest BCUT2D eigenvalue weighted by Gasteiger charge is 2.09. The molecule has 0 radical (unpaired) electrons. The summed E-state index contributed by atoms with van der Waals surface area (Å²) < 4.78 is 2.16. The molecule has 2 N–H and O–H groups in total. The zero-order valence-electron chi connectivity index (χ0n) is 17.2. The van der Waals surface area contributed by atoms with Crippen LogP contribution in [0.15, 0.2) is 101 Å². The number of rotatable bonds is 5. The lowest BCUT2D eigenvalue weighted by atomic mass is 10.2. The number of nitrogens with two attached hydrogens (primary N) is 1. The van der Waals surface area contributed by atoms with Gasteiger partial charge in [-0.2, -0.15) is 5.10 Å². The molecule has 0 fully saturated rings. The molecule has 156 valence electrons. The van der Waals surface area contributed by atoms with Gasteiger partial charge in [-0.05, 0) is 29.8 Å². The molecule has 5 aromatic rings. The highest BCUT2D eigenvalue weighted by atomic mass is 35.5. The van der Waals surface area contributed by atoms with Gasteiger partial charge in [0.1, 0.15) is 5.69 Å². The number of amidine groups is 1. The van der Waals surface area contributed by atoms with E-state index in [9.17, 15) is 0 Å². The number of nitrogens with zero attached hydrogens (tertiary/aromatic N) is 4. The van der Waals surface area contributed by atoms with Crippen LogP contribution in [0.2, 0.25) is 5.02 Å². The average Bonchev–Trinajstić information content (AvgIpc) is 3.17. The van der Waals surface area contributed by atoms with Gasteiger partial charge in [0.25, 0.3) is 0 Å². The second-order valence-corrected chi connectivity index (χ2v) is 7.85. The van der Waals surface area contributed by atoms with Crippen molar-refractivity contribution < 1.29 is 0 Å². The highest BCUT2D eigenvalue weighted by Crippen LogP contribution is 2.23. The van der Waals surface area contributed by atoms with Crippen molar-refractivity contribution in [2.24, 2.45) is 15.9 Å². The zero-order chi connectivity index (χ0) is 21.9. The number of aromatic nitrogens is 2. The summed E-state index contributed by atoms with van der Waals surface area (Å²) in [7, 11) is 0. The molecule has 0 aliphatic heterocycles. The van der Waals surface area contributed by atoms with Gasteiger partial charge in [0.05, 0.1) is 11.7 Å². The SMILES string of the molecule is N/C(=N\N=C/c1cn(Cc2ccccc2Cl)c2ccccc12)c1ccc2ccccc2n1. The molecule has 0 spiro atoms. The summed E-state index contributed by atoms with van der Waals surface area (Å²) in [5.41, 5.74) is 10.7. The molecular formula is C26H20ClN5. The summed E-state index contributed by atoms with van der Waals surface area (Å²) in [6.45, 7) is 0.667. The Morgan fingerprint density at radius 3 is 2.62 bits per heavy atom. The molecule has 0 amide bonds. The summed E-state index contributed by atoms with van der Waals surface area (Å²) in [5.74, 6) is 0.270. The first-order chi connectivity index (χ1) is 15.7. The Balaban J connectivity index is 1.45. The van der Waals surface area contributed by atoms with Crippen molar-refractivity contribution in [1.82, 2.24) is 9.55 Å². The second kappa shape index (κ2) is 8.65. The predicted molar refractivity (Wildman–Crippen MR) is 133 cm³/mol. The Kier molecular flexibility index (Phi) is 5.40. The summed E-state index contributed by atoms with van der Waals surface area (Å²) in [5, 5.41) is 11.3. The van der Waals surface area contributed by atoms with Crippen molar-refractivity contribution in [2.75, 3.05) is 0 Å². The normalized spacial score (nSPS) is 12.2. The van der Waals surface area contributed by atoms with Gasteiger partial charge >= 0.3 is 0 Å². The predicted octanol–water partition coefficient (Wildman–Crippen LogP) is 5.63. The molecule has 0 aliphatic carbocycles. The number of hydrogen-bond acceptors (Lipinski definition) is 3. The fraction of sp³-hybridized carbons (Fsp3) is 0.0385. The van der Waals surface area contributed by atoms with Crippen LogP contribution in [0.25, 0.3) is 21.8 Å². The van der Waals surface area contributed by atoms with Crippen LogP contribution >= 0.6 is 11.6 Å². The van der Waals surface area contributed by atoms with Gasteiger partial charge in [-0.3, -0.25) is 0 Å². The van der Waals surface area contributed by atoms with E-state index in [4.69, 9.17) is 17.3 Å². The lowest BCUT2D eigenvalue weighted by Crippen LogP contribution is -2.14. The molecule has 5 nitrogen and oxygen atoms in total. The Bertz CT molecular complexity index is 1480. The van der Waals surface area contributed by atoms with Crippen LogP contribution < -0.4 is 5.73 Å². The summed E-state index contributed by atoms with van der Waals surface area (Å²) in [4.78, 5) is 4.56. The maximum absolute atomic E-state index is 6.37. The molecule has 0 bridgehead atoms. The minimum atomic E-state index is 0.270. The lowest BCUT2D eigenvalue weighted by molar-refractivity contribution is 0.836. The van der Waals surface area contributed by atoms with E-state index in [1.807, 2.05) is 72.8 Å². The first kappa shape index (κ1) is 20.0. The quantitative estimate of drug-likeness (QED) is 0.220. The Morgan fingerprint density at radius 1 is 0.938 bits per heavy atom. The Morgan fingerprint density at radius 2 is 1.72 bits per heavy atom. The summed E-state index contributed by atoms with van der Waals surface area (Å²) in [6.07, 6.45) is 3.77. The third kappa shape index (κ3) is 3.98. The van der Waals surface area contributed by atoms with E-state index in [1.54, 1.807) is 6.21 Å². The van der Waals surface area contributed by atoms with E-state index in [0.717, 1.165) is 38.0 Å². The Hall–Kier alpha value is -3.96. The van der Waals surface area contributed by atoms with Gasteiger partial charge in [-0.1, -0.05) is 72.3 Å². The van der Waals surface area contributed by atoms with Crippen LogP contribution in [0.3, 0.4) is 0 Å². The topological polar surface area (TPSA) is 68.6 Å². The highest BCUT2D eigenvalue weighted by molar-refractivity contribution is 6.31. The van der Waals surface area contributed by atoms with Gasteiger partial charge in [0, 0.05) is 39.6 Å². The molecule has 2 heterocycles. The van der Waals surface area contributed by atoms with Crippen molar-refractivity contribution >= 4 is 45.5 Å². The number of fused-ring (bicyclic) bond motifs is 2. The maximum Gasteiger partial charge on any atom is 0.172 e. The molecule has 3 aromatic carbocycles. The van der Waals surface area contributed by atoms with Crippen LogP contribution in [0.4, 0.5) is 0 Å². The molecule has 0 aliphatic rings. The molecule has 0 saturated heterocycles. The van der Waals surface area contributed by atoms with Crippen molar-refractivity contribution in [2.45, 2.75) is 6.54 Å². The van der Waals surface area contributed by atoms with E-state index in [0.29, 0.717) is 12.2 Å². The van der Waals surface area contributed by atoms with Crippen molar-refractivity contribution in [3.63, 3.8) is 0 Å². The fourth-order valence-corrected chi connectivity index (χ4v) is 3.93. The molecular weight excluding hydrogens is 418 g/mol. The third-order valence-corrected chi connectivity index (χ3v) is 5.71. The lowest BCUT2D eigenvalue weighted by Gasteiger charge is -2.07. The Labute approximate surface area is 190 Å². The van der Waals surface area contributed by atoms with E-state index < -0.39 is 0 Å². The van der Waals surface area contributed by atoms with E-state index in [-0.39, 0.29) is 5.84 Å². The van der Waals surface area contributed by atoms with Crippen LogP contribution in [-0.2, 0) is 6.54 Å². The third-order valence-electron chi connectivity index (χ3n) is 5.34. The first-order valence-corrected chi connectivity index (χ1v) is 10.6. The largest absolute Gasteiger partial charge is 0.380 e. The standard InChI is InChI=1S/C26H20ClN5/c27-22-10-4-1-8-19(22)16-32-17-20(21-9-3-6-12-25(21)32)15-29-31-26(28)24-14-13-18-7-2-5-11-23(18)30-24/h1-15,17H,16H2,(H2,28,31)/b29-15-. The average molecular weight is 438 g/mol. The van der Waals surface area contributed by atoms with Gasteiger partial charge in [0.15, 0.2) is 5.84 Å². The van der Waals surface area contributed by atoms with Gasteiger partial charge in [0.2, 0.25) is 0 Å². The molecule has 0 unspecified atom stereocenters. The van der Waals surface area contributed by atoms with Crippen molar-refractivity contribution in [1.29, 1.82) is 0 Å². The van der Waals surface area contributed by atoms with Gasteiger partial charge in [-0.15, -0.1) is 5.10 Å². The van der Waals surface area contributed by atoms with E-state index in [2.05, 4.69) is 38.1 Å². The van der Waals surface area contributed by atoms with Crippen LogP contribution in [0.1, 0.15) is 16.8 Å². The minimum Gasteiger partial charge on any atom is -0.380 e. The molecule has 5 rings (SSSR count).